The van der Waals surface area contributed by atoms with Gasteiger partial charge in [-0.15, -0.1) is 0 Å². The highest BCUT2D eigenvalue weighted by molar-refractivity contribution is 5.28. The molecule has 2 nitrogen and oxygen atoms in total. The van der Waals surface area contributed by atoms with Gasteiger partial charge in [-0.3, -0.25) is 4.90 Å². The predicted octanol–water partition coefficient (Wildman–Crippen LogP) is 4.15. The molecule has 0 spiro atoms. The summed E-state index contributed by atoms with van der Waals surface area (Å²) in [5.74, 6) is 0.0693. The molecule has 0 heterocycles. The van der Waals surface area contributed by atoms with Crippen molar-refractivity contribution in [1.29, 1.82) is 0 Å². The van der Waals surface area contributed by atoms with E-state index in [0.717, 1.165) is 31.5 Å². The summed E-state index contributed by atoms with van der Waals surface area (Å²) in [6.07, 6.45) is 2.14. The third-order valence-corrected chi connectivity index (χ3v) is 4.67. The lowest BCUT2D eigenvalue weighted by molar-refractivity contribution is 0.0880. The summed E-state index contributed by atoms with van der Waals surface area (Å²) in [6.45, 7) is 12.8. The molecule has 0 amide bonds. The normalized spacial score (nSPS) is 16.2. The Kier molecular flexibility index (Phi) is 6.82. The lowest BCUT2D eigenvalue weighted by atomic mass is 9.73. The van der Waals surface area contributed by atoms with E-state index in [-0.39, 0.29) is 17.8 Å². The predicted molar refractivity (Wildman–Crippen MR) is 88.7 cm³/mol. The number of hydrogen-bond acceptors (Lipinski definition) is 2. The van der Waals surface area contributed by atoms with Crippen LogP contribution in [-0.2, 0) is 5.54 Å². The SMILES string of the molecule is CCCC(N(CC)CC)C(N)(c1ccc(F)cc1)C(C)C. The Morgan fingerprint density at radius 3 is 2.00 bits per heavy atom. The van der Waals surface area contributed by atoms with Crippen LogP contribution >= 0.6 is 0 Å². The molecule has 2 unspecified atom stereocenters. The Bertz CT molecular complexity index is 412. The minimum atomic E-state index is -0.463. The first-order valence-electron chi connectivity index (χ1n) is 8.20. The van der Waals surface area contributed by atoms with Gasteiger partial charge in [0.05, 0.1) is 5.54 Å². The summed E-state index contributed by atoms with van der Waals surface area (Å²) in [6, 6.07) is 7.00. The highest BCUT2D eigenvalue weighted by Gasteiger charge is 2.41. The Labute approximate surface area is 129 Å². The first-order chi connectivity index (χ1) is 9.91. The molecule has 0 saturated heterocycles. The smallest absolute Gasteiger partial charge is 0.123 e. The van der Waals surface area contributed by atoms with Gasteiger partial charge in [0.2, 0.25) is 0 Å². The molecule has 1 aromatic rings. The quantitative estimate of drug-likeness (QED) is 0.780. The van der Waals surface area contributed by atoms with E-state index in [9.17, 15) is 4.39 Å². The number of nitrogens with two attached hydrogens (primary N) is 1. The van der Waals surface area contributed by atoms with E-state index >= 15 is 0 Å². The van der Waals surface area contributed by atoms with Crippen LogP contribution in [0.15, 0.2) is 24.3 Å². The molecule has 0 saturated carbocycles. The van der Waals surface area contributed by atoms with E-state index in [4.69, 9.17) is 5.73 Å². The molecule has 1 rings (SSSR count). The fourth-order valence-corrected chi connectivity index (χ4v) is 3.31. The number of hydrogen-bond donors (Lipinski definition) is 1. The van der Waals surface area contributed by atoms with Crippen LogP contribution in [-0.4, -0.2) is 24.0 Å². The first-order valence-corrected chi connectivity index (χ1v) is 8.20. The minimum absolute atomic E-state index is 0.209. The molecule has 0 aliphatic carbocycles. The number of nitrogens with zero attached hydrogens (tertiary/aromatic N) is 1. The third-order valence-electron chi connectivity index (χ3n) is 4.67. The van der Waals surface area contributed by atoms with Crippen molar-refractivity contribution >= 4 is 0 Å². The minimum Gasteiger partial charge on any atom is -0.320 e. The molecule has 0 bridgehead atoms. The average Bonchev–Trinajstić information content (AvgIpc) is 2.47. The molecule has 21 heavy (non-hydrogen) atoms. The van der Waals surface area contributed by atoms with Gasteiger partial charge >= 0.3 is 0 Å². The molecule has 0 radical (unpaired) electrons. The van der Waals surface area contributed by atoms with Gasteiger partial charge in [-0.2, -0.15) is 0 Å². The van der Waals surface area contributed by atoms with Crippen molar-refractivity contribution in [1.82, 2.24) is 4.90 Å². The molecule has 0 aromatic heterocycles. The highest BCUT2D eigenvalue weighted by Crippen LogP contribution is 2.35. The molecule has 120 valence electrons. The number of likely N-dealkylation sites (N-methyl/N-ethyl adjacent to an activating group) is 1. The molecule has 1 aromatic carbocycles. The van der Waals surface area contributed by atoms with Crippen LogP contribution in [0.4, 0.5) is 4.39 Å². The van der Waals surface area contributed by atoms with Crippen molar-refractivity contribution < 1.29 is 4.39 Å². The maximum atomic E-state index is 13.3. The standard InChI is InChI=1S/C18H31FN2/c1-6-9-17(21(7-2)8-3)18(20,14(4)5)15-10-12-16(19)13-11-15/h10-14,17H,6-9,20H2,1-5H3. The summed E-state index contributed by atoms with van der Waals surface area (Å²) in [5.41, 5.74) is 7.50. The Morgan fingerprint density at radius 2 is 1.62 bits per heavy atom. The van der Waals surface area contributed by atoms with Crippen molar-refractivity contribution in [3.8, 4) is 0 Å². The maximum absolute atomic E-state index is 13.3. The fourth-order valence-electron chi connectivity index (χ4n) is 3.31. The van der Waals surface area contributed by atoms with Crippen LogP contribution < -0.4 is 5.73 Å². The zero-order valence-corrected chi connectivity index (χ0v) is 14.2. The summed E-state index contributed by atoms with van der Waals surface area (Å²) in [4.78, 5) is 2.44. The molecular formula is C18H31FN2. The summed E-state index contributed by atoms with van der Waals surface area (Å²) in [5, 5.41) is 0. The molecular weight excluding hydrogens is 263 g/mol. The molecule has 3 heteroatoms. The second kappa shape index (κ2) is 7.90. The Morgan fingerprint density at radius 1 is 1.10 bits per heavy atom. The van der Waals surface area contributed by atoms with Crippen molar-refractivity contribution in [3.05, 3.63) is 35.6 Å². The van der Waals surface area contributed by atoms with Gasteiger partial charge in [0.1, 0.15) is 5.82 Å². The average molecular weight is 294 g/mol. The zero-order valence-electron chi connectivity index (χ0n) is 14.2. The lowest BCUT2D eigenvalue weighted by Crippen LogP contribution is -2.59. The molecule has 0 fully saturated rings. The number of benzene rings is 1. The van der Waals surface area contributed by atoms with E-state index < -0.39 is 5.54 Å². The Hall–Kier alpha value is -0.930. The zero-order chi connectivity index (χ0) is 16.0. The van der Waals surface area contributed by atoms with Crippen LogP contribution in [0.25, 0.3) is 0 Å². The Balaban J connectivity index is 3.30. The van der Waals surface area contributed by atoms with Crippen molar-refractivity contribution in [3.63, 3.8) is 0 Å². The monoisotopic (exact) mass is 294 g/mol. The second-order valence-electron chi connectivity index (χ2n) is 6.12. The molecule has 2 N–H and O–H groups in total. The van der Waals surface area contributed by atoms with Crippen molar-refractivity contribution in [2.75, 3.05) is 13.1 Å². The summed E-state index contributed by atoms with van der Waals surface area (Å²) >= 11 is 0. The maximum Gasteiger partial charge on any atom is 0.123 e. The van der Waals surface area contributed by atoms with E-state index in [1.165, 1.54) is 12.1 Å². The van der Waals surface area contributed by atoms with Gasteiger partial charge in [-0.05, 0) is 43.1 Å². The van der Waals surface area contributed by atoms with Crippen molar-refractivity contribution in [2.24, 2.45) is 11.7 Å². The van der Waals surface area contributed by atoms with Crippen LogP contribution in [0.2, 0.25) is 0 Å². The van der Waals surface area contributed by atoms with Gasteiger partial charge < -0.3 is 5.73 Å². The van der Waals surface area contributed by atoms with Crippen LogP contribution in [0.1, 0.15) is 53.0 Å². The van der Waals surface area contributed by atoms with Crippen molar-refractivity contribution in [2.45, 2.75) is 59.0 Å². The third kappa shape index (κ3) is 3.83. The van der Waals surface area contributed by atoms with E-state index in [1.807, 2.05) is 12.1 Å². The van der Waals surface area contributed by atoms with E-state index in [0.29, 0.717) is 0 Å². The second-order valence-corrected chi connectivity index (χ2v) is 6.12. The van der Waals surface area contributed by atoms with Crippen LogP contribution in [0.5, 0.6) is 0 Å². The summed E-state index contributed by atoms with van der Waals surface area (Å²) in [7, 11) is 0. The highest BCUT2D eigenvalue weighted by atomic mass is 19.1. The van der Waals surface area contributed by atoms with Crippen LogP contribution in [0.3, 0.4) is 0 Å². The topological polar surface area (TPSA) is 29.3 Å². The largest absolute Gasteiger partial charge is 0.320 e. The van der Waals surface area contributed by atoms with E-state index in [2.05, 4.69) is 39.5 Å². The lowest BCUT2D eigenvalue weighted by Gasteiger charge is -2.46. The van der Waals surface area contributed by atoms with Crippen LogP contribution in [0, 0.1) is 11.7 Å². The van der Waals surface area contributed by atoms with E-state index in [1.54, 1.807) is 0 Å². The van der Waals surface area contributed by atoms with Gasteiger partial charge in [0, 0.05) is 6.04 Å². The fraction of sp³-hybridized carbons (Fsp3) is 0.667. The number of halogens is 1. The molecule has 0 aliphatic heterocycles. The molecule has 0 aliphatic rings. The van der Waals surface area contributed by atoms with Gasteiger partial charge in [0.15, 0.2) is 0 Å². The van der Waals surface area contributed by atoms with Gasteiger partial charge in [0.25, 0.3) is 0 Å². The number of rotatable bonds is 8. The molecule has 2 atom stereocenters. The van der Waals surface area contributed by atoms with Gasteiger partial charge in [-0.1, -0.05) is 53.2 Å². The first kappa shape index (κ1) is 18.1. The summed E-state index contributed by atoms with van der Waals surface area (Å²) < 4.78 is 13.3. The van der Waals surface area contributed by atoms with Gasteiger partial charge in [-0.25, -0.2) is 4.39 Å².